The van der Waals surface area contributed by atoms with Crippen LogP contribution in [0.3, 0.4) is 0 Å². The second kappa shape index (κ2) is 5.07. The van der Waals surface area contributed by atoms with Crippen LogP contribution in [0.4, 0.5) is 0 Å². The predicted molar refractivity (Wildman–Crippen MR) is 67.7 cm³/mol. The van der Waals surface area contributed by atoms with E-state index in [-0.39, 0.29) is 17.7 Å². The van der Waals surface area contributed by atoms with Gasteiger partial charge in [-0.3, -0.25) is 4.79 Å². The van der Waals surface area contributed by atoms with Gasteiger partial charge in [0.2, 0.25) is 0 Å². The Morgan fingerprint density at radius 2 is 2.24 bits per heavy atom. The average Bonchev–Trinajstić information content (AvgIpc) is 2.75. The Morgan fingerprint density at radius 3 is 2.82 bits per heavy atom. The molecule has 0 aliphatic heterocycles. The van der Waals surface area contributed by atoms with Crippen LogP contribution in [0.2, 0.25) is 5.02 Å². The van der Waals surface area contributed by atoms with Crippen LogP contribution in [0.5, 0.6) is 5.75 Å². The summed E-state index contributed by atoms with van der Waals surface area (Å²) in [5.41, 5.74) is 6.48. The third-order valence-corrected chi connectivity index (χ3v) is 3.59. The first-order valence-electron chi connectivity index (χ1n) is 5.75. The van der Waals surface area contributed by atoms with Crippen molar-refractivity contribution in [2.75, 3.05) is 7.11 Å². The zero-order chi connectivity index (χ0) is 12.4. The van der Waals surface area contributed by atoms with Gasteiger partial charge in [-0.25, -0.2) is 0 Å². The van der Waals surface area contributed by atoms with Crippen molar-refractivity contribution in [2.45, 2.75) is 25.3 Å². The number of carbonyl (C=O) groups excluding carboxylic acids is 1. The molecule has 2 atom stereocenters. The van der Waals surface area contributed by atoms with Crippen molar-refractivity contribution in [1.82, 2.24) is 0 Å². The fraction of sp³-hybridized carbons (Fsp3) is 0.462. The number of nitrogens with two attached hydrogens (primary N) is 1. The monoisotopic (exact) mass is 253 g/mol. The molecule has 1 fully saturated rings. The third-order valence-electron chi connectivity index (χ3n) is 3.28. The molecule has 2 unspecified atom stereocenters. The van der Waals surface area contributed by atoms with Crippen molar-refractivity contribution in [3.8, 4) is 5.75 Å². The Labute approximate surface area is 106 Å². The molecule has 0 aromatic heterocycles. The number of rotatable bonds is 3. The molecule has 92 valence electrons. The topological polar surface area (TPSA) is 52.3 Å². The molecule has 0 saturated heterocycles. The molecule has 0 radical (unpaired) electrons. The number of Topliss-reactive ketones (excluding diaryl/α,β-unsaturated/α-hetero) is 1. The molecule has 0 amide bonds. The van der Waals surface area contributed by atoms with Gasteiger partial charge in [0.1, 0.15) is 5.75 Å². The normalized spacial score (nSPS) is 23.7. The van der Waals surface area contributed by atoms with Crippen LogP contribution in [0.1, 0.15) is 29.6 Å². The Kier molecular flexibility index (Phi) is 3.69. The molecule has 2 N–H and O–H groups in total. The zero-order valence-electron chi connectivity index (χ0n) is 9.78. The lowest BCUT2D eigenvalue weighted by atomic mass is 9.96. The summed E-state index contributed by atoms with van der Waals surface area (Å²) in [4.78, 5) is 12.2. The second-order valence-electron chi connectivity index (χ2n) is 4.48. The quantitative estimate of drug-likeness (QED) is 0.843. The summed E-state index contributed by atoms with van der Waals surface area (Å²) >= 11 is 5.93. The largest absolute Gasteiger partial charge is 0.495 e. The molecule has 1 aliphatic carbocycles. The molecule has 0 spiro atoms. The number of hydrogen-bond donors (Lipinski definition) is 1. The maximum atomic E-state index is 12.2. The first kappa shape index (κ1) is 12.4. The summed E-state index contributed by atoms with van der Waals surface area (Å²) < 4.78 is 5.11. The molecule has 0 bridgehead atoms. The molecule has 1 aliphatic rings. The van der Waals surface area contributed by atoms with Gasteiger partial charge in [-0.2, -0.15) is 0 Å². The number of halogens is 1. The van der Waals surface area contributed by atoms with Crippen LogP contribution in [-0.2, 0) is 0 Å². The van der Waals surface area contributed by atoms with E-state index >= 15 is 0 Å². The summed E-state index contributed by atoms with van der Waals surface area (Å²) in [6, 6.07) is 5.31. The van der Waals surface area contributed by atoms with Crippen molar-refractivity contribution in [1.29, 1.82) is 0 Å². The highest BCUT2D eigenvalue weighted by molar-refractivity contribution is 6.32. The van der Waals surface area contributed by atoms with Crippen LogP contribution < -0.4 is 10.5 Å². The highest BCUT2D eigenvalue weighted by Crippen LogP contribution is 2.30. The van der Waals surface area contributed by atoms with Gasteiger partial charge in [0.25, 0.3) is 0 Å². The number of benzene rings is 1. The van der Waals surface area contributed by atoms with Crippen LogP contribution in [-0.4, -0.2) is 18.9 Å². The van der Waals surface area contributed by atoms with E-state index in [4.69, 9.17) is 22.1 Å². The number of hydrogen-bond acceptors (Lipinski definition) is 3. The molecule has 0 heterocycles. The van der Waals surface area contributed by atoms with Gasteiger partial charge in [-0.15, -0.1) is 0 Å². The van der Waals surface area contributed by atoms with E-state index in [0.29, 0.717) is 16.3 Å². The lowest BCUT2D eigenvalue weighted by Crippen LogP contribution is -2.18. The summed E-state index contributed by atoms with van der Waals surface area (Å²) in [6.07, 6.45) is 2.59. The van der Waals surface area contributed by atoms with E-state index in [1.54, 1.807) is 25.3 Å². The van der Waals surface area contributed by atoms with E-state index in [1.807, 2.05) is 0 Å². The number of ether oxygens (including phenoxy) is 1. The number of ketones is 1. The molecule has 2 rings (SSSR count). The van der Waals surface area contributed by atoms with Crippen molar-refractivity contribution in [3.05, 3.63) is 28.8 Å². The molecule has 3 nitrogen and oxygen atoms in total. The summed E-state index contributed by atoms with van der Waals surface area (Å²) in [6.45, 7) is 0. The van der Waals surface area contributed by atoms with Crippen LogP contribution in [0.15, 0.2) is 18.2 Å². The molecular weight excluding hydrogens is 238 g/mol. The standard InChI is InChI=1S/C13H16ClNO2/c1-17-12-7-9(3-5-11(12)14)13(16)8-2-4-10(15)6-8/h3,5,7-8,10H,2,4,6,15H2,1H3. The third kappa shape index (κ3) is 2.61. The molecule has 1 saturated carbocycles. The van der Waals surface area contributed by atoms with Gasteiger partial charge in [-0.1, -0.05) is 11.6 Å². The van der Waals surface area contributed by atoms with Crippen LogP contribution in [0.25, 0.3) is 0 Å². The number of methoxy groups -OCH3 is 1. The molecule has 1 aromatic rings. The lowest BCUT2D eigenvalue weighted by Gasteiger charge is -2.10. The Balaban J connectivity index is 2.19. The average molecular weight is 254 g/mol. The minimum absolute atomic E-state index is 0.0517. The maximum absolute atomic E-state index is 12.2. The highest BCUT2D eigenvalue weighted by Gasteiger charge is 2.28. The minimum atomic E-state index is 0.0517. The Hall–Kier alpha value is -1.06. The van der Waals surface area contributed by atoms with Crippen LogP contribution in [0, 0.1) is 5.92 Å². The van der Waals surface area contributed by atoms with Gasteiger partial charge in [0.15, 0.2) is 5.78 Å². The van der Waals surface area contributed by atoms with E-state index in [9.17, 15) is 4.79 Å². The van der Waals surface area contributed by atoms with Crippen molar-refractivity contribution in [3.63, 3.8) is 0 Å². The van der Waals surface area contributed by atoms with Gasteiger partial charge in [0.05, 0.1) is 12.1 Å². The Bertz CT molecular complexity index is 433. The first-order valence-corrected chi connectivity index (χ1v) is 6.13. The smallest absolute Gasteiger partial charge is 0.166 e. The first-order chi connectivity index (χ1) is 8.11. The lowest BCUT2D eigenvalue weighted by molar-refractivity contribution is 0.0921. The van der Waals surface area contributed by atoms with Crippen molar-refractivity contribution in [2.24, 2.45) is 11.7 Å². The van der Waals surface area contributed by atoms with Crippen molar-refractivity contribution < 1.29 is 9.53 Å². The van der Waals surface area contributed by atoms with Gasteiger partial charge in [-0.05, 0) is 37.5 Å². The predicted octanol–water partition coefficient (Wildman–Crippen LogP) is 2.66. The summed E-state index contributed by atoms with van der Waals surface area (Å²) in [5.74, 6) is 0.739. The van der Waals surface area contributed by atoms with E-state index in [2.05, 4.69) is 0 Å². The Morgan fingerprint density at radius 1 is 1.47 bits per heavy atom. The minimum Gasteiger partial charge on any atom is -0.495 e. The molecule has 4 heteroatoms. The van der Waals surface area contributed by atoms with E-state index < -0.39 is 0 Å². The second-order valence-corrected chi connectivity index (χ2v) is 4.89. The van der Waals surface area contributed by atoms with Crippen molar-refractivity contribution >= 4 is 17.4 Å². The van der Waals surface area contributed by atoms with E-state index in [1.165, 1.54) is 0 Å². The molecule has 17 heavy (non-hydrogen) atoms. The zero-order valence-corrected chi connectivity index (χ0v) is 10.5. The van der Waals surface area contributed by atoms with Crippen LogP contribution >= 0.6 is 11.6 Å². The summed E-state index contributed by atoms with van der Waals surface area (Å²) in [5, 5.41) is 0.521. The summed E-state index contributed by atoms with van der Waals surface area (Å²) in [7, 11) is 1.54. The van der Waals surface area contributed by atoms with Gasteiger partial charge >= 0.3 is 0 Å². The van der Waals surface area contributed by atoms with Gasteiger partial charge < -0.3 is 10.5 Å². The fourth-order valence-corrected chi connectivity index (χ4v) is 2.50. The van der Waals surface area contributed by atoms with Gasteiger partial charge in [0, 0.05) is 17.5 Å². The fourth-order valence-electron chi connectivity index (χ4n) is 2.30. The highest BCUT2D eigenvalue weighted by atomic mass is 35.5. The SMILES string of the molecule is COc1cc(C(=O)C2CCC(N)C2)ccc1Cl. The van der Waals surface area contributed by atoms with E-state index in [0.717, 1.165) is 19.3 Å². The molecular formula is C13H16ClNO2. The number of carbonyl (C=O) groups is 1. The maximum Gasteiger partial charge on any atom is 0.166 e. The molecule has 1 aromatic carbocycles.